The minimum Gasteiger partial charge on any atom is -0.322 e. The molecule has 0 saturated heterocycles. The van der Waals surface area contributed by atoms with E-state index in [1.165, 1.54) is 0 Å². The van der Waals surface area contributed by atoms with Crippen molar-refractivity contribution in [2.24, 2.45) is 11.5 Å². The topological polar surface area (TPSA) is 52.0 Å². The van der Waals surface area contributed by atoms with Gasteiger partial charge in [-0.25, -0.2) is 0 Å². The summed E-state index contributed by atoms with van der Waals surface area (Å²) in [5, 5.41) is 0. The van der Waals surface area contributed by atoms with Crippen molar-refractivity contribution in [3.63, 3.8) is 0 Å². The molecule has 3 heteroatoms. The van der Waals surface area contributed by atoms with Crippen molar-refractivity contribution in [2.45, 2.75) is 12.1 Å². The molecule has 0 radical (unpaired) electrons. The number of hydrogen-bond acceptors (Lipinski definition) is 2. The van der Waals surface area contributed by atoms with Gasteiger partial charge in [0.15, 0.2) is 0 Å². The van der Waals surface area contributed by atoms with Crippen LogP contribution in [0.3, 0.4) is 0 Å². The van der Waals surface area contributed by atoms with Crippen LogP contribution in [0.2, 0.25) is 0 Å². The zero-order valence-electron chi connectivity index (χ0n) is 9.44. The third-order valence-electron chi connectivity index (χ3n) is 2.76. The molecule has 2 aromatic rings. The van der Waals surface area contributed by atoms with Gasteiger partial charge in [-0.15, -0.1) is 0 Å². The van der Waals surface area contributed by atoms with Crippen molar-refractivity contribution in [3.8, 4) is 0 Å². The van der Waals surface area contributed by atoms with Gasteiger partial charge in [0.1, 0.15) is 0 Å². The van der Waals surface area contributed by atoms with Crippen LogP contribution in [0.15, 0.2) is 60.7 Å². The first-order valence-electron chi connectivity index (χ1n) is 5.40. The molecule has 0 bridgehead atoms. The monoisotopic (exact) mass is 314 g/mol. The Morgan fingerprint density at radius 1 is 0.588 bits per heavy atom. The summed E-state index contributed by atoms with van der Waals surface area (Å²) < 4.78 is 0. The maximum Gasteiger partial charge on any atom is 2.00 e. The Bertz CT molecular complexity index is 387. The summed E-state index contributed by atoms with van der Waals surface area (Å²) in [5.74, 6) is 0. The predicted molar refractivity (Wildman–Crippen MR) is 66.7 cm³/mol. The smallest absolute Gasteiger partial charge is 0.322 e. The van der Waals surface area contributed by atoms with Crippen LogP contribution >= 0.6 is 0 Å². The van der Waals surface area contributed by atoms with E-state index < -0.39 is 0 Å². The fourth-order valence-corrected chi connectivity index (χ4v) is 1.77. The quantitative estimate of drug-likeness (QED) is 0.855. The first kappa shape index (κ1) is 14.0. The molecule has 0 aliphatic heterocycles. The number of benzene rings is 2. The van der Waals surface area contributed by atoms with Gasteiger partial charge in [-0.2, -0.15) is 0 Å². The number of rotatable bonds is 3. The van der Waals surface area contributed by atoms with Gasteiger partial charge in [-0.3, -0.25) is 0 Å². The summed E-state index contributed by atoms with van der Waals surface area (Å²) in [6.45, 7) is 0. The van der Waals surface area contributed by atoms with E-state index in [0.29, 0.717) is 0 Å². The summed E-state index contributed by atoms with van der Waals surface area (Å²) in [6.07, 6.45) is 0. The average Bonchev–Trinajstić information content (AvgIpc) is 2.39. The Morgan fingerprint density at radius 2 is 0.882 bits per heavy atom. The van der Waals surface area contributed by atoms with Crippen molar-refractivity contribution in [1.29, 1.82) is 0 Å². The molecule has 0 aliphatic rings. The average molecular weight is 313 g/mol. The zero-order chi connectivity index (χ0) is 11.4. The molecule has 0 heterocycles. The van der Waals surface area contributed by atoms with Crippen molar-refractivity contribution < 1.29 is 19.5 Å². The van der Waals surface area contributed by atoms with E-state index in [0.717, 1.165) is 11.1 Å². The Kier molecular flexibility index (Phi) is 5.50. The molecule has 2 rings (SSSR count). The van der Waals surface area contributed by atoms with Crippen LogP contribution < -0.4 is 11.5 Å². The Balaban J connectivity index is 0.00000144. The van der Waals surface area contributed by atoms with Gasteiger partial charge in [0.05, 0.1) is 0 Å². The third kappa shape index (κ3) is 3.47. The molecule has 0 aliphatic carbocycles. The van der Waals surface area contributed by atoms with Crippen LogP contribution in [0, 0.1) is 0 Å². The maximum atomic E-state index is 6.15. The van der Waals surface area contributed by atoms with Crippen LogP contribution in [0.5, 0.6) is 0 Å². The number of nitrogens with two attached hydrogens (primary N) is 2. The van der Waals surface area contributed by atoms with Crippen molar-refractivity contribution >= 4 is 0 Å². The normalized spacial score (nSPS) is 13.5. The van der Waals surface area contributed by atoms with Gasteiger partial charge in [0.2, 0.25) is 0 Å². The van der Waals surface area contributed by atoms with E-state index in [9.17, 15) is 0 Å². The molecule has 4 N–H and O–H groups in total. The van der Waals surface area contributed by atoms with E-state index in [1.807, 2.05) is 60.7 Å². The van der Waals surface area contributed by atoms with E-state index >= 15 is 0 Å². The summed E-state index contributed by atoms with van der Waals surface area (Å²) in [4.78, 5) is 0. The fourth-order valence-electron chi connectivity index (χ4n) is 1.77. The van der Waals surface area contributed by atoms with Gasteiger partial charge in [-0.1, -0.05) is 60.7 Å². The molecule has 0 amide bonds. The number of hydrogen-bond donors (Lipinski definition) is 2. The molecule has 2 nitrogen and oxygen atoms in total. The van der Waals surface area contributed by atoms with Crippen LogP contribution in [0.1, 0.15) is 23.2 Å². The predicted octanol–water partition coefficient (Wildman–Crippen LogP) is 2.38. The van der Waals surface area contributed by atoms with Gasteiger partial charge >= 0.3 is 19.5 Å². The summed E-state index contributed by atoms with van der Waals surface area (Å²) in [7, 11) is 0. The fraction of sp³-hybridized carbons (Fsp3) is 0.143. The first-order chi connectivity index (χ1) is 7.79. The van der Waals surface area contributed by atoms with E-state index in [2.05, 4.69) is 0 Å². The minimum atomic E-state index is -0.163. The first-order valence-corrected chi connectivity index (χ1v) is 5.40. The largest absolute Gasteiger partial charge is 2.00 e. The van der Waals surface area contributed by atoms with Crippen molar-refractivity contribution in [3.05, 3.63) is 71.8 Å². The molecular formula is C14H16N2Ru+2. The molecule has 0 aromatic heterocycles. The molecule has 2 aromatic carbocycles. The third-order valence-corrected chi connectivity index (χ3v) is 2.76. The Labute approximate surface area is 115 Å². The molecule has 88 valence electrons. The van der Waals surface area contributed by atoms with Gasteiger partial charge in [0.25, 0.3) is 0 Å². The molecule has 0 spiro atoms. The summed E-state index contributed by atoms with van der Waals surface area (Å²) in [5.41, 5.74) is 14.4. The van der Waals surface area contributed by atoms with Gasteiger partial charge in [0, 0.05) is 12.1 Å². The van der Waals surface area contributed by atoms with E-state index in [-0.39, 0.29) is 31.6 Å². The molecule has 0 fully saturated rings. The standard InChI is InChI=1S/C14H16N2.Ru/c15-13(11-7-3-1-4-8-11)14(16)12-9-5-2-6-10-12;/h1-10,13-14H,15-16H2;/q;+2. The zero-order valence-corrected chi connectivity index (χ0v) is 11.2. The minimum absolute atomic E-state index is 0. The summed E-state index contributed by atoms with van der Waals surface area (Å²) in [6, 6.07) is 19.6. The molecule has 2 atom stereocenters. The molecule has 2 unspecified atom stereocenters. The van der Waals surface area contributed by atoms with E-state index in [4.69, 9.17) is 11.5 Å². The summed E-state index contributed by atoms with van der Waals surface area (Å²) >= 11 is 0. The Morgan fingerprint density at radius 3 is 1.18 bits per heavy atom. The van der Waals surface area contributed by atoms with Gasteiger partial charge in [-0.05, 0) is 11.1 Å². The van der Waals surface area contributed by atoms with E-state index in [1.54, 1.807) is 0 Å². The molecular weight excluding hydrogens is 297 g/mol. The van der Waals surface area contributed by atoms with Crippen LogP contribution in [-0.2, 0) is 19.5 Å². The van der Waals surface area contributed by atoms with Gasteiger partial charge < -0.3 is 11.5 Å². The molecule has 0 saturated carbocycles. The molecule has 17 heavy (non-hydrogen) atoms. The maximum absolute atomic E-state index is 6.15. The SMILES string of the molecule is NC(c1ccccc1)C(N)c1ccccc1.[Ru+2]. The van der Waals surface area contributed by atoms with Crippen LogP contribution in [0.4, 0.5) is 0 Å². The van der Waals surface area contributed by atoms with Crippen molar-refractivity contribution in [1.82, 2.24) is 0 Å². The second-order valence-corrected chi connectivity index (χ2v) is 3.87. The second kappa shape index (κ2) is 6.65. The second-order valence-electron chi connectivity index (χ2n) is 3.87. The van der Waals surface area contributed by atoms with Crippen LogP contribution in [0.25, 0.3) is 0 Å². The Hall–Kier alpha value is -1.02. The van der Waals surface area contributed by atoms with Crippen molar-refractivity contribution in [2.75, 3.05) is 0 Å². The van der Waals surface area contributed by atoms with Crippen LogP contribution in [-0.4, -0.2) is 0 Å².